The van der Waals surface area contributed by atoms with E-state index >= 15 is 0 Å². The van der Waals surface area contributed by atoms with E-state index in [9.17, 15) is 4.79 Å². The van der Waals surface area contributed by atoms with E-state index in [1.54, 1.807) is 0 Å². The highest BCUT2D eigenvalue weighted by atomic mass is 79.9. The number of aryl methyl sites for hydroxylation is 1. The van der Waals surface area contributed by atoms with Gasteiger partial charge in [-0.3, -0.25) is 4.79 Å². The average Bonchev–Trinajstić information content (AvgIpc) is 2.57. The van der Waals surface area contributed by atoms with Crippen LogP contribution in [0.3, 0.4) is 0 Å². The van der Waals surface area contributed by atoms with Gasteiger partial charge in [0.25, 0.3) is 0 Å². The summed E-state index contributed by atoms with van der Waals surface area (Å²) in [5.74, 6) is 0.225. The van der Waals surface area contributed by atoms with Crippen molar-refractivity contribution < 1.29 is 4.79 Å². The van der Waals surface area contributed by atoms with Crippen molar-refractivity contribution in [3.8, 4) is 0 Å². The molecule has 1 amide bonds. The summed E-state index contributed by atoms with van der Waals surface area (Å²) in [7, 11) is 0. The molecule has 1 heterocycles. The standard InChI is InChI=1S/C19H21BrN2O/c1-15-5-7-16(8-6-15)13-19(23)22-11-9-21(10-12-22)18-4-2-3-17(20)14-18/h2-8,14H,9-13H2,1H3. The molecule has 0 saturated carbocycles. The Hall–Kier alpha value is -1.81. The predicted molar refractivity (Wildman–Crippen MR) is 97.8 cm³/mol. The lowest BCUT2D eigenvalue weighted by molar-refractivity contribution is -0.130. The Bertz CT molecular complexity index is 676. The number of rotatable bonds is 3. The second-order valence-corrected chi connectivity index (χ2v) is 6.93. The molecule has 120 valence electrons. The third-order valence-electron chi connectivity index (χ3n) is 4.28. The van der Waals surface area contributed by atoms with Gasteiger partial charge in [0.1, 0.15) is 0 Å². The van der Waals surface area contributed by atoms with Crippen LogP contribution in [0.1, 0.15) is 11.1 Å². The van der Waals surface area contributed by atoms with Crippen molar-refractivity contribution in [2.75, 3.05) is 31.1 Å². The second kappa shape index (κ2) is 7.18. The molecule has 23 heavy (non-hydrogen) atoms. The first kappa shape index (κ1) is 16.1. The number of carbonyl (C=O) groups is 1. The Balaban J connectivity index is 1.56. The maximum Gasteiger partial charge on any atom is 0.227 e. The molecular weight excluding hydrogens is 352 g/mol. The van der Waals surface area contributed by atoms with Gasteiger partial charge in [0.05, 0.1) is 6.42 Å². The normalized spacial score (nSPS) is 14.9. The lowest BCUT2D eigenvalue weighted by Gasteiger charge is -2.36. The average molecular weight is 373 g/mol. The SMILES string of the molecule is Cc1ccc(CC(=O)N2CCN(c3cccc(Br)c3)CC2)cc1. The summed E-state index contributed by atoms with van der Waals surface area (Å²) in [6, 6.07) is 16.6. The number of nitrogens with zero attached hydrogens (tertiary/aromatic N) is 2. The van der Waals surface area contributed by atoms with Gasteiger partial charge < -0.3 is 9.80 Å². The molecular formula is C19H21BrN2O. The van der Waals surface area contributed by atoms with E-state index in [1.807, 2.05) is 29.2 Å². The van der Waals surface area contributed by atoms with E-state index in [-0.39, 0.29) is 5.91 Å². The smallest absolute Gasteiger partial charge is 0.227 e. The number of halogens is 1. The first-order valence-corrected chi connectivity index (χ1v) is 8.75. The van der Waals surface area contributed by atoms with Crippen molar-refractivity contribution in [1.29, 1.82) is 0 Å². The Kier molecular flexibility index (Phi) is 5.01. The van der Waals surface area contributed by atoms with Crippen molar-refractivity contribution in [3.05, 3.63) is 64.1 Å². The quantitative estimate of drug-likeness (QED) is 0.820. The highest BCUT2D eigenvalue weighted by Crippen LogP contribution is 2.21. The lowest BCUT2D eigenvalue weighted by Crippen LogP contribution is -2.49. The molecule has 0 radical (unpaired) electrons. The Morgan fingerprint density at radius 2 is 1.74 bits per heavy atom. The van der Waals surface area contributed by atoms with Crippen LogP contribution in [0, 0.1) is 6.92 Å². The number of anilines is 1. The first-order chi connectivity index (χ1) is 11.1. The van der Waals surface area contributed by atoms with Crippen LogP contribution < -0.4 is 4.90 Å². The number of benzene rings is 2. The second-order valence-electron chi connectivity index (χ2n) is 6.01. The zero-order chi connectivity index (χ0) is 16.2. The predicted octanol–water partition coefficient (Wildman–Crippen LogP) is 3.65. The van der Waals surface area contributed by atoms with E-state index in [0.717, 1.165) is 36.2 Å². The Labute approximate surface area is 146 Å². The maximum atomic E-state index is 12.4. The third kappa shape index (κ3) is 4.14. The van der Waals surface area contributed by atoms with E-state index in [4.69, 9.17) is 0 Å². The van der Waals surface area contributed by atoms with Crippen LogP contribution >= 0.6 is 15.9 Å². The number of carbonyl (C=O) groups excluding carboxylic acids is 1. The maximum absolute atomic E-state index is 12.4. The number of piperazine rings is 1. The van der Waals surface area contributed by atoms with E-state index in [2.05, 4.69) is 52.0 Å². The molecule has 3 rings (SSSR count). The van der Waals surface area contributed by atoms with Crippen LogP contribution in [0.2, 0.25) is 0 Å². The fourth-order valence-electron chi connectivity index (χ4n) is 2.88. The van der Waals surface area contributed by atoms with Crippen LogP contribution in [-0.2, 0) is 11.2 Å². The largest absolute Gasteiger partial charge is 0.368 e. The van der Waals surface area contributed by atoms with Crippen LogP contribution in [0.25, 0.3) is 0 Å². The van der Waals surface area contributed by atoms with Crippen molar-refractivity contribution in [1.82, 2.24) is 4.90 Å². The van der Waals surface area contributed by atoms with Gasteiger partial charge in [0, 0.05) is 36.3 Å². The van der Waals surface area contributed by atoms with E-state index in [0.29, 0.717) is 6.42 Å². The van der Waals surface area contributed by atoms with Crippen molar-refractivity contribution in [2.24, 2.45) is 0 Å². The topological polar surface area (TPSA) is 23.6 Å². The zero-order valence-electron chi connectivity index (χ0n) is 13.3. The molecule has 1 aliphatic heterocycles. The van der Waals surface area contributed by atoms with Gasteiger partial charge >= 0.3 is 0 Å². The van der Waals surface area contributed by atoms with Gasteiger partial charge in [-0.1, -0.05) is 51.8 Å². The summed E-state index contributed by atoms with van der Waals surface area (Å²) in [5, 5.41) is 0. The minimum absolute atomic E-state index is 0.225. The van der Waals surface area contributed by atoms with E-state index in [1.165, 1.54) is 11.3 Å². The third-order valence-corrected chi connectivity index (χ3v) is 4.77. The minimum atomic E-state index is 0.225. The number of amides is 1. The molecule has 1 fully saturated rings. The fraction of sp³-hybridized carbons (Fsp3) is 0.316. The summed E-state index contributed by atoms with van der Waals surface area (Å²) in [6.45, 7) is 5.41. The van der Waals surface area contributed by atoms with Crippen LogP contribution in [-0.4, -0.2) is 37.0 Å². The minimum Gasteiger partial charge on any atom is -0.368 e. The van der Waals surface area contributed by atoms with Crippen LogP contribution in [0.5, 0.6) is 0 Å². The van der Waals surface area contributed by atoms with Crippen LogP contribution in [0.4, 0.5) is 5.69 Å². The molecule has 4 heteroatoms. The van der Waals surface area contributed by atoms with Gasteiger partial charge in [-0.25, -0.2) is 0 Å². The molecule has 0 N–H and O–H groups in total. The Morgan fingerprint density at radius 3 is 2.39 bits per heavy atom. The lowest BCUT2D eigenvalue weighted by atomic mass is 10.1. The van der Waals surface area contributed by atoms with Gasteiger partial charge in [0.2, 0.25) is 5.91 Å². The molecule has 1 saturated heterocycles. The zero-order valence-corrected chi connectivity index (χ0v) is 14.9. The Morgan fingerprint density at radius 1 is 1.04 bits per heavy atom. The van der Waals surface area contributed by atoms with Gasteiger partial charge in [-0.2, -0.15) is 0 Å². The molecule has 0 bridgehead atoms. The molecule has 0 aliphatic carbocycles. The molecule has 0 aromatic heterocycles. The van der Waals surface area contributed by atoms with Crippen LogP contribution in [0.15, 0.2) is 53.0 Å². The fourth-order valence-corrected chi connectivity index (χ4v) is 3.27. The first-order valence-electron chi connectivity index (χ1n) is 7.96. The van der Waals surface area contributed by atoms with Crippen molar-refractivity contribution in [3.63, 3.8) is 0 Å². The molecule has 0 atom stereocenters. The molecule has 0 spiro atoms. The van der Waals surface area contributed by atoms with Gasteiger partial charge in [0.15, 0.2) is 0 Å². The van der Waals surface area contributed by atoms with Gasteiger partial charge in [-0.05, 0) is 30.7 Å². The summed E-state index contributed by atoms with van der Waals surface area (Å²) in [4.78, 5) is 16.8. The van der Waals surface area contributed by atoms with Crippen molar-refractivity contribution in [2.45, 2.75) is 13.3 Å². The molecule has 2 aromatic carbocycles. The molecule has 1 aliphatic rings. The highest BCUT2D eigenvalue weighted by molar-refractivity contribution is 9.10. The summed E-state index contributed by atoms with van der Waals surface area (Å²) in [5.41, 5.74) is 3.53. The molecule has 3 nitrogen and oxygen atoms in total. The molecule has 0 unspecified atom stereocenters. The van der Waals surface area contributed by atoms with E-state index < -0.39 is 0 Å². The summed E-state index contributed by atoms with van der Waals surface area (Å²) in [6.07, 6.45) is 0.497. The van der Waals surface area contributed by atoms with Gasteiger partial charge in [-0.15, -0.1) is 0 Å². The summed E-state index contributed by atoms with van der Waals surface area (Å²) >= 11 is 3.51. The monoisotopic (exact) mass is 372 g/mol. The number of hydrogen-bond acceptors (Lipinski definition) is 2. The molecule has 2 aromatic rings. The number of hydrogen-bond donors (Lipinski definition) is 0. The summed E-state index contributed by atoms with van der Waals surface area (Å²) < 4.78 is 1.09. The highest BCUT2D eigenvalue weighted by Gasteiger charge is 2.21. The van der Waals surface area contributed by atoms with Crippen molar-refractivity contribution >= 4 is 27.5 Å².